The highest BCUT2D eigenvalue weighted by Gasteiger charge is 2.28. The van der Waals surface area contributed by atoms with Gasteiger partial charge in [-0.1, -0.05) is 29.0 Å². The van der Waals surface area contributed by atoms with Crippen LogP contribution in [0, 0.1) is 0 Å². The number of ether oxygens (including phenoxy) is 1. The lowest BCUT2D eigenvalue weighted by atomic mass is 9.93. The van der Waals surface area contributed by atoms with Crippen LogP contribution in [0.5, 0.6) is 0 Å². The molecule has 0 aromatic carbocycles. The van der Waals surface area contributed by atoms with Crippen molar-refractivity contribution in [2.45, 2.75) is 45.1 Å². The number of aromatic nitrogens is 3. The second-order valence-corrected chi connectivity index (χ2v) is 10.1. The fourth-order valence-electron chi connectivity index (χ4n) is 3.56. The van der Waals surface area contributed by atoms with Crippen LogP contribution in [0.15, 0.2) is 42.7 Å². The maximum Gasteiger partial charge on any atom is 0.410 e. The minimum atomic E-state index is -0.477. The van der Waals surface area contributed by atoms with Crippen LogP contribution < -0.4 is 5.32 Å². The van der Waals surface area contributed by atoms with Gasteiger partial charge in [0, 0.05) is 37.1 Å². The van der Waals surface area contributed by atoms with E-state index in [1.54, 1.807) is 11.1 Å². The third kappa shape index (κ3) is 5.75. The number of nitrogens with one attached hydrogen (secondary N) is 1. The van der Waals surface area contributed by atoms with Crippen molar-refractivity contribution in [1.82, 2.24) is 19.9 Å². The van der Waals surface area contributed by atoms with Crippen LogP contribution in [0.25, 0.3) is 10.4 Å². The van der Waals surface area contributed by atoms with E-state index in [2.05, 4.69) is 15.3 Å². The molecule has 0 aliphatic carbocycles. The topological polar surface area (TPSA) is 80.2 Å². The summed E-state index contributed by atoms with van der Waals surface area (Å²) in [5.74, 6) is 1.06. The first-order valence-corrected chi connectivity index (χ1v) is 11.8. The normalized spacial score (nSPS) is 14.9. The van der Waals surface area contributed by atoms with Crippen molar-refractivity contribution >= 4 is 40.0 Å². The number of rotatable bonds is 4. The maximum absolute atomic E-state index is 12.3. The highest BCUT2D eigenvalue weighted by atomic mass is 35.5. The van der Waals surface area contributed by atoms with Gasteiger partial charge in [-0.15, -0.1) is 0 Å². The second kappa shape index (κ2) is 9.42. The van der Waals surface area contributed by atoms with Crippen LogP contribution in [0.3, 0.4) is 0 Å². The molecule has 3 aromatic rings. The number of likely N-dealkylation sites (tertiary alicyclic amines) is 1. The van der Waals surface area contributed by atoms with Gasteiger partial charge in [0.15, 0.2) is 5.13 Å². The minimum absolute atomic E-state index is 0.241. The molecular weight excluding hydrogens is 446 g/mol. The second-order valence-electron chi connectivity index (χ2n) is 8.71. The molecule has 0 unspecified atom stereocenters. The molecule has 0 bridgehead atoms. The van der Waals surface area contributed by atoms with Gasteiger partial charge in [0.25, 0.3) is 0 Å². The summed E-state index contributed by atoms with van der Waals surface area (Å²) < 4.78 is 5.49. The highest BCUT2D eigenvalue weighted by molar-refractivity contribution is 7.18. The predicted octanol–water partition coefficient (Wildman–Crippen LogP) is 6.11. The van der Waals surface area contributed by atoms with Gasteiger partial charge in [0.1, 0.15) is 16.6 Å². The van der Waals surface area contributed by atoms with Crippen LogP contribution in [-0.2, 0) is 4.74 Å². The summed E-state index contributed by atoms with van der Waals surface area (Å²) in [6.45, 7) is 7.00. The smallest absolute Gasteiger partial charge is 0.410 e. The number of hydrogen-bond donors (Lipinski definition) is 1. The minimum Gasteiger partial charge on any atom is -0.444 e. The van der Waals surface area contributed by atoms with E-state index in [9.17, 15) is 4.79 Å². The third-order valence-corrected chi connectivity index (χ3v) is 6.26. The fraction of sp³-hybridized carbons (Fsp3) is 0.391. The molecule has 7 nitrogen and oxygen atoms in total. The van der Waals surface area contributed by atoms with E-state index in [0.29, 0.717) is 24.2 Å². The molecule has 1 aliphatic heterocycles. The first-order valence-electron chi connectivity index (χ1n) is 10.6. The average molecular weight is 472 g/mol. The molecule has 1 saturated heterocycles. The summed E-state index contributed by atoms with van der Waals surface area (Å²) in [4.78, 5) is 28.4. The molecule has 9 heteroatoms. The van der Waals surface area contributed by atoms with E-state index in [1.807, 2.05) is 57.3 Å². The van der Waals surface area contributed by atoms with Crippen LogP contribution in [0.4, 0.5) is 15.7 Å². The standard InChI is InChI=1S/C23H26ClN5O2S/c1-23(2,3)31-22(30)29-11-8-15(9-12-29)17-5-4-6-20(27-17)28-21-26-14-18(32-21)16-7-10-25-19(24)13-16/h4-7,10,13-15H,8-9,11-12H2,1-3H3,(H,26,27,28). The molecule has 0 saturated carbocycles. The van der Waals surface area contributed by atoms with Crippen LogP contribution in [0.2, 0.25) is 5.15 Å². The lowest BCUT2D eigenvalue weighted by Gasteiger charge is -2.33. The Balaban J connectivity index is 1.38. The quantitative estimate of drug-likeness (QED) is 0.462. The van der Waals surface area contributed by atoms with E-state index < -0.39 is 5.60 Å². The van der Waals surface area contributed by atoms with Crippen molar-refractivity contribution in [1.29, 1.82) is 0 Å². The number of piperidine rings is 1. The van der Waals surface area contributed by atoms with Gasteiger partial charge in [-0.2, -0.15) is 0 Å². The average Bonchev–Trinajstić information content (AvgIpc) is 3.21. The molecule has 0 radical (unpaired) electrons. The van der Waals surface area contributed by atoms with Gasteiger partial charge >= 0.3 is 6.09 Å². The zero-order valence-corrected chi connectivity index (χ0v) is 19.9. The molecule has 32 heavy (non-hydrogen) atoms. The summed E-state index contributed by atoms with van der Waals surface area (Å²) >= 11 is 7.53. The Morgan fingerprint density at radius 3 is 2.72 bits per heavy atom. The Hall–Kier alpha value is -2.71. The number of carbonyl (C=O) groups excluding carboxylic acids is 1. The van der Waals surface area contributed by atoms with E-state index in [0.717, 1.165) is 39.9 Å². The molecular formula is C23H26ClN5O2S. The lowest BCUT2D eigenvalue weighted by molar-refractivity contribution is 0.0204. The monoisotopic (exact) mass is 471 g/mol. The SMILES string of the molecule is CC(C)(C)OC(=O)N1CCC(c2cccc(Nc3ncc(-c4ccnc(Cl)c4)s3)n2)CC1. The molecule has 0 atom stereocenters. The van der Waals surface area contributed by atoms with Gasteiger partial charge < -0.3 is 15.0 Å². The van der Waals surface area contributed by atoms with E-state index in [4.69, 9.17) is 21.3 Å². The van der Waals surface area contributed by atoms with Gasteiger partial charge in [0.2, 0.25) is 0 Å². The molecule has 1 aliphatic rings. The Kier molecular flexibility index (Phi) is 6.62. The molecule has 0 spiro atoms. The van der Waals surface area contributed by atoms with Crippen LogP contribution in [0.1, 0.15) is 45.2 Å². The molecule has 1 amide bonds. The first-order chi connectivity index (χ1) is 15.3. The highest BCUT2D eigenvalue weighted by Crippen LogP contribution is 2.32. The summed E-state index contributed by atoms with van der Waals surface area (Å²) in [5.41, 5.74) is 1.53. The van der Waals surface area contributed by atoms with Gasteiger partial charge in [-0.05, 0) is 63.4 Å². The summed E-state index contributed by atoms with van der Waals surface area (Å²) in [5, 5.41) is 4.52. The number of pyridine rings is 2. The molecule has 3 aromatic heterocycles. The Labute approximate surface area is 196 Å². The largest absolute Gasteiger partial charge is 0.444 e. The number of hydrogen-bond acceptors (Lipinski definition) is 7. The lowest BCUT2D eigenvalue weighted by Crippen LogP contribution is -2.41. The number of halogens is 1. The van der Waals surface area contributed by atoms with Gasteiger partial charge in [-0.25, -0.2) is 19.7 Å². The molecule has 168 valence electrons. The zero-order valence-electron chi connectivity index (χ0n) is 18.3. The van der Waals surface area contributed by atoms with Crippen LogP contribution in [-0.4, -0.2) is 44.6 Å². The summed E-state index contributed by atoms with van der Waals surface area (Å²) in [6, 6.07) is 9.71. The van der Waals surface area contributed by atoms with Crippen molar-refractivity contribution in [3.63, 3.8) is 0 Å². The fourth-order valence-corrected chi connectivity index (χ4v) is 4.56. The predicted molar refractivity (Wildman–Crippen MR) is 128 cm³/mol. The number of anilines is 2. The van der Waals surface area contributed by atoms with Crippen molar-refractivity contribution in [3.05, 3.63) is 53.6 Å². The van der Waals surface area contributed by atoms with Crippen molar-refractivity contribution in [3.8, 4) is 10.4 Å². The van der Waals surface area contributed by atoms with Crippen LogP contribution >= 0.6 is 22.9 Å². The van der Waals surface area contributed by atoms with E-state index in [1.165, 1.54) is 11.3 Å². The first kappa shape index (κ1) is 22.5. The number of carbonyl (C=O) groups is 1. The Morgan fingerprint density at radius 1 is 1.22 bits per heavy atom. The zero-order chi connectivity index (χ0) is 22.7. The van der Waals surface area contributed by atoms with Gasteiger partial charge in [0.05, 0.1) is 4.88 Å². The molecule has 1 fully saturated rings. The Bertz CT molecular complexity index is 1090. The van der Waals surface area contributed by atoms with Gasteiger partial charge in [-0.3, -0.25) is 0 Å². The van der Waals surface area contributed by atoms with E-state index >= 15 is 0 Å². The number of thiazole rings is 1. The van der Waals surface area contributed by atoms with Crippen molar-refractivity contribution in [2.24, 2.45) is 0 Å². The molecule has 1 N–H and O–H groups in total. The van der Waals surface area contributed by atoms with Crippen molar-refractivity contribution < 1.29 is 9.53 Å². The summed E-state index contributed by atoms with van der Waals surface area (Å²) in [7, 11) is 0. The third-order valence-electron chi connectivity index (χ3n) is 5.09. The van der Waals surface area contributed by atoms with E-state index in [-0.39, 0.29) is 6.09 Å². The number of amides is 1. The molecule has 4 rings (SSSR count). The maximum atomic E-state index is 12.3. The number of nitrogens with zero attached hydrogens (tertiary/aromatic N) is 4. The van der Waals surface area contributed by atoms with Crippen molar-refractivity contribution in [2.75, 3.05) is 18.4 Å². The Morgan fingerprint density at radius 2 is 2.00 bits per heavy atom. The molecule has 4 heterocycles. The summed E-state index contributed by atoms with van der Waals surface area (Å²) in [6.07, 6.45) is 4.98.